The SMILES string of the molecule is CCOC(=O)C1=C(C)Nc2ccccc2N=C1NC(=O)[C@@H]1CCCO1. The third-order valence-corrected chi connectivity index (χ3v) is 4.01. The molecule has 1 atom stereocenters. The molecule has 1 aromatic carbocycles. The average molecular weight is 343 g/mol. The van der Waals surface area contributed by atoms with Gasteiger partial charge in [0.25, 0.3) is 5.91 Å². The number of ether oxygens (including phenoxy) is 2. The van der Waals surface area contributed by atoms with Crippen LogP contribution in [0.1, 0.15) is 26.7 Å². The third-order valence-electron chi connectivity index (χ3n) is 4.01. The lowest BCUT2D eigenvalue weighted by molar-refractivity contribution is -0.137. The Bertz CT molecular complexity index is 748. The van der Waals surface area contributed by atoms with Crippen LogP contribution in [0.3, 0.4) is 0 Å². The number of esters is 1. The van der Waals surface area contributed by atoms with E-state index >= 15 is 0 Å². The highest BCUT2D eigenvalue weighted by atomic mass is 16.5. The predicted octanol–water partition coefficient (Wildman–Crippen LogP) is 2.27. The zero-order valence-electron chi connectivity index (χ0n) is 14.3. The van der Waals surface area contributed by atoms with Crippen LogP contribution in [0.4, 0.5) is 11.4 Å². The number of nitrogens with zero attached hydrogens (tertiary/aromatic N) is 1. The number of amidine groups is 1. The van der Waals surface area contributed by atoms with Crippen molar-refractivity contribution in [2.24, 2.45) is 4.99 Å². The van der Waals surface area contributed by atoms with Crippen LogP contribution in [-0.4, -0.2) is 37.0 Å². The first kappa shape index (κ1) is 17.2. The molecule has 0 radical (unpaired) electrons. The molecule has 7 heteroatoms. The number of amides is 1. The van der Waals surface area contributed by atoms with Gasteiger partial charge in [0.2, 0.25) is 0 Å². The van der Waals surface area contributed by atoms with E-state index in [2.05, 4.69) is 15.6 Å². The maximum absolute atomic E-state index is 12.5. The first-order chi connectivity index (χ1) is 12.1. The summed E-state index contributed by atoms with van der Waals surface area (Å²) in [6, 6.07) is 7.38. The van der Waals surface area contributed by atoms with Gasteiger partial charge in [0.15, 0.2) is 0 Å². The van der Waals surface area contributed by atoms with Gasteiger partial charge in [-0.05, 0) is 38.8 Å². The molecule has 25 heavy (non-hydrogen) atoms. The van der Waals surface area contributed by atoms with Crippen LogP contribution in [0.15, 0.2) is 40.5 Å². The van der Waals surface area contributed by atoms with Crippen molar-refractivity contribution >= 4 is 29.1 Å². The summed E-state index contributed by atoms with van der Waals surface area (Å²) in [6.07, 6.45) is 0.984. The lowest BCUT2D eigenvalue weighted by atomic mass is 10.1. The molecule has 1 saturated heterocycles. The van der Waals surface area contributed by atoms with E-state index in [9.17, 15) is 9.59 Å². The van der Waals surface area contributed by atoms with Gasteiger partial charge in [0, 0.05) is 12.3 Å². The molecular weight excluding hydrogens is 322 g/mol. The number of rotatable bonds is 3. The standard InChI is InChI=1S/C18H21N3O4/c1-3-24-18(23)15-11(2)19-12-7-4-5-8-13(12)20-16(15)21-17(22)14-9-6-10-25-14/h4-5,7-8,14,19H,3,6,9-10H2,1-2H3,(H,20,21,22)/t14-/m0/s1. The highest BCUT2D eigenvalue weighted by Gasteiger charge is 2.29. The number of aliphatic imine (C=N–C) groups is 1. The highest BCUT2D eigenvalue weighted by Crippen LogP contribution is 2.30. The maximum atomic E-state index is 12.5. The Balaban J connectivity index is 1.98. The number of hydrogen-bond acceptors (Lipinski definition) is 6. The van der Waals surface area contributed by atoms with Gasteiger partial charge in [-0.3, -0.25) is 4.79 Å². The summed E-state index contributed by atoms with van der Waals surface area (Å²) in [5.74, 6) is -0.661. The summed E-state index contributed by atoms with van der Waals surface area (Å²) in [7, 11) is 0. The molecule has 2 heterocycles. The van der Waals surface area contributed by atoms with Crippen molar-refractivity contribution in [2.45, 2.75) is 32.8 Å². The molecule has 0 unspecified atom stereocenters. The normalized spacial score (nSPS) is 19.4. The van der Waals surface area contributed by atoms with E-state index in [0.29, 0.717) is 24.4 Å². The van der Waals surface area contributed by atoms with Crippen LogP contribution in [0.2, 0.25) is 0 Å². The number of benzene rings is 1. The average Bonchev–Trinajstić information content (AvgIpc) is 3.07. The van der Waals surface area contributed by atoms with E-state index in [1.807, 2.05) is 24.3 Å². The smallest absolute Gasteiger partial charge is 0.343 e. The summed E-state index contributed by atoms with van der Waals surface area (Å²) in [5, 5.41) is 5.92. The minimum atomic E-state index is -0.535. The van der Waals surface area contributed by atoms with Gasteiger partial charge < -0.3 is 20.1 Å². The number of fused-ring (bicyclic) bond motifs is 1. The fraction of sp³-hybridized carbons (Fsp3) is 0.389. The molecule has 0 aromatic heterocycles. The monoisotopic (exact) mass is 343 g/mol. The number of allylic oxidation sites excluding steroid dienone is 1. The molecule has 132 valence electrons. The summed E-state index contributed by atoms with van der Waals surface area (Å²) in [5.41, 5.74) is 2.16. The lowest BCUT2D eigenvalue weighted by Gasteiger charge is -2.15. The Hall–Kier alpha value is -2.67. The van der Waals surface area contributed by atoms with E-state index in [4.69, 9.17) is 9.47 Å². The molecule has 0 saturated carbocycles. The molecule has 0 aliphatic carbocycles. The van der Waals surface area contributed by atoms with Gasteiger partial charge in [-0.15, -0.1) is 0 Å². The molecule has 0 spiro atoms. The Morgan fingerprint density at radius 2 is 2.20 bits per heavy atom. The van der Waals surface area contributed by atoms with Crippen LogP contribution in [-0.2, 0) is 19.1 Å². The Labute approximate surface area is 146 Å². The van der Waals surface area contributed by atoms with Crippen LogP contribution >= 0.6 is 0 Å². The minimum absolute atomic E-state index is 0.175. The first-order valence-electron chi connectivity index (χ1n) is 8.35. The van der Waals surface area contributed by atoms with E-state index in [-0.39, 0.29) is 23.9 Å². The van der Waals surface area contributed by atoms with E-state index in [0.717, 1.165) is 12.1 Å². The number of para-hydroxylation sites is 2. The molecular formula is C18H21N3O4. The Kier molecular flexibility index (Phi) is 5.14. The van der Waals surface area contributed by atoms with Crippen molar-refractivity contribution in [3.8, 4) is 0 Å². The fourth-order valence-corrected chi connectivity index (χ4v) is 2.82. The van der Waals surface area contributed by atoms with E-state index in [1.54, 1.807) is 13.8 Å². The largest absolute Gasteiger partial charge is 0.462 e. The van der Waals surface area contributed by atoms with Gasteiger partial charge >= 0.3 is 5.97 Å². The summed E-state index contributed by atoms with van der Waals surface area (Å²) < 4.78 is 10.6. The molecule has 1 aromatic rings. The predicted molar refractivity (Wildman–Crippen MR) is 93.6 cm³/mol. The molecule has 1 fully saturated rings. The van der Waals surface area contributed by atoms with Crippen molar-refractivity contribution in [1.82, 2.24) is 5.32 Å². The molecule has 7 nitrogen and oxygen atoms in total. The number of carbonyl (C=O) groups is 2. The van der Waals surface area contributed by atoms with Crippen molar-refractivity contribution < 1.29 is 19.1 Å². The van der Waals surface area contributed by atoms with Gasteiger partial charge in [0.1, 0.15) is 17.5 Å². The minimum Gasteiger partial charge on any atom is -0.462 e. The second kappa shape index (κ2) is 7.48. The second-order valence-corrected chi connectivity index (χ2v) is 5.81. The second-order valence-electron chi connectivity index (χ2n) is 5.81. The van der Waals surface area contributed by atoms with Crippen LogP contribution in [0, 0.1) is 0 Å². The first-order valence-corrected chi connectivity index (χ1v) is 8.35. The van der Waals surface area contributed by atoms with E-state index in [1.165, 1.54) is 0 Å². The van der Waals surface area contributed by atoms with E-state index < -0.39 is 12.1 Å². The topological polar surface area (TPSA) is 89.0 Å². The molecule has 1 amide bonds. The van der Waals surface area contributed by atoms with Crippen molar-refractivity contribution in [3.05, 3.63) is 35.5 Å². The number of anilines is 1. The zero-order chi connectivity index (χ0) is 17.8. The van der Waals surface area contributed by atoms with Crippen LogP contribution in [0.5, 0.6) is 0 Å². The molecule has 2 aliphatic heterocycles. The Morgan fingerprint density at radius 3 is 2.92 bits per heavy atom. The quantitative estimate of drug-likeness (QED) is 0.822. The molecule has 2 N–H and O–H groups in total. The van der Waals surface area contributed by atoms with Crippen LogP contribution < -0.4 is 10.6 Å². The van der Waals surface area contributed by atoms with Crippen LogP contribution in [0.25, 0.3) is 0 Å². The van der Waals surface area contributed by atoms with Gasteiger partial charge in [-0.2, -0.15) is 0 Å². The molecule has 3 rings (SSSR count). The zero-order valence-corrected chi connectivity index (χ0v) is 14.3. The summed E-state index contributed by atoms with van der Waals surface area (Å²) in [4.78, 5) is 29.4. The number of hydrogen-bond donors (Lipinski definition) is 2. The fourth-order valence-electron chi connectivity index (χ4n) is 2.82. The third kappa shape index (κ3) is 3.71. The van der Waals surface area contributed by atoms with Crippen molar-refractivity contribution in [2.75, 3.05) is 18.5 Å². The number of carbonyl (C=O) groups excluding carboxylic acids is 2. The lowest BCUT2D eigenvalue weighted by Crippen LogP contribution is -2.41. The summed E-state index contributed by atoms with van der Waals surface area (Å²) >= 11 is 0. The highest BCUT2D eigenvalue weighted by molar-refractivity contribution is 6.24. The van der Waals surface area contributed by atoms with Crippen molar-refractivity contribution in [3.63, 3.8) is 0 Å². The van der Waals surface area contributed by atoms with Gasteiger partial charge in [-0.1, -0.05) is 12.1 Å². The number of nitrogens with one attached hydrogen (secondary N) is 2. The molecule has 0 bridgehead atoms. The summed E-state index contributed by atoms with van der Waals surface area (Å²) in [6.45, 7) is 4.28. The molecule has 2 aliphatic rings. The van der Waals surface area contributed by atoms with Gasteiger partial charge in [0.05, 0.1) is 18.0 Å². The maximum Gasteiger partial charge on any atom is 0.343 e. The Morgan fingerprint density at radius 1 is 1.40 bits per heavy atom. The van der Waals surface area contributed by atoms with Gasteiger partial charge in [-0.25, -0.2) is 9.79 Å². The van der Waals surface area contributed by atoms with Crippen molar-refractivity contribution in [1.29, 1.82) is 0 Å².